The average molecular weight is 104 g/mol. The molecule has 0 aliphatic heterocycles. The molecule has 6 heavy (non-hydrogen) atoms. The van der Waals surface area contributed by atoms with Gasteiger partial charge in [0.05, 0.1) is 0 Å². The molecule has 0 fully saturated rings. The van der Waals surface area contributed by atoms with E-state index < -0.39 is 0 Å². The van der Waals surface area contributed by atoms with Gasteiger partial charge >= 0.3 is 23.1 Å². The maximum atomic E-state index is 8.48. The number of hydrogen-bond donors (Lipinski definition) is 0. The Bertz CT molecular complexity index is 11.4. The first-order valence-electron chi connectivity index (χ1n) is 0.667. The molecule has 0 unspecified atom stereocenters. The van der Waals surface area contributed by atoms with Crippen LogP contribution in [0.1, 0.15) is 0 Å². The summed E-state index contributed by atoms with van der Waals surface area (Å²) < 4.78 is 0. The molecule has 0 atom stereocenters. The van der Waals surface area contributed by atoms with E-state index in [9.17, 15) is 0 Å². The summed E-state index contributed by atoms with van der Waals surface area (Å²) in [5, 5.41) is 24.5. The van der Waals surface area contributed by atoms with Crippen LogP contribution in [-0.4, -0.2) is 23.1 Å². The van der Waals surface area contributed by atoms with Gasteiger partial charge in [-0.3, -0.25) is 10.1 Å². The Kier molecular flexibility index (Phi) is 14.8. The van der Waals surface area contributed by atoms with Gasteiger partial charge in [-0.15, -0.1) is 0 Å². The molecule has 0 rings (SSSR count). The molecule has 0 bridgehead atoms. The van der Waals surface area contributed by atoms with E-state index in [1.54, 1.807) is 0 Å². The Morgan fingerprint density at radius 1 is 1.00 bits per heavy atom. The van der Waals surface area contributed by atoms with Gasteiger partial charge in [0, 0.05) is 0 Å². The van der Waals surface area contributed by atoms with Crippen LogP contribution >= 0.6 is 0 Å². The van der Waals surface area contributed by atoms with Gasteiger partial charge in [-0.05, 0) is 0 Å². The van der Waals surface area contributed by atoms with Gasteiger partial charge in [0.15, 0.2) is 0 Å². The second kappa shape index (κ2) is 9.13. The monoisotopic (exact) mass is 104 g/mol. The summed E-state index contributed by atoms with van der Waals surface area (Å²) in [5.41, 5.74) is 0. The van der Waals surface area contributed by atoms with Gasteiger partial charge < -0.3 is 10.5 Å². The van der Waals surface area contributed by atoms with E-state index in [1.807, 2.05) is 0 Å². The van der Waals surface area contributed by atoms with Gasteiger partial charge in [-0.25, -0.2) is 0 Å². The van der Waals surface area contributed by atoms with Gasteiger partial charge in [-0.2, -0.15) is 0 Å². The van der Waals surface area contributed by atoms with Crippen LogP contribution in [0.3, 0.4) is 0 Å². The van der Waals surface area contributed by atoms with Crippen molar-refractivity contribution in [1.82, 2.24) is 0 Å². The second-order valence-corrected chi connectivity index (χ2v) is 0.204. The minimum absolute atomic E-state index is 0. The molecular formula is MgO5. The molecule has 0 radical (unpaired) electrons. The summed E-state index contributed by atoms with van der Waals surface area (Å²) in [7, 11) is 0. The first-order chi connectivity index (χ1) is 2.41. The smallest absolute Gasteiger partial charge is 0.690 e. The van der Waals surface area contributed by atoms with E-state index in [0.717, 1.165) is 0 Å². The van der Waals surface area contributed by atoms with Crippen molar-refractivity contribution >= 4 is 23.1 Å². The van der Waals surface area contributed by atoms with Crippen molar-refractivity contribution in [1.29, 1.82) is 0 Å². The second-order valence-electron chi connectivity index (χ2n) is 0.204. The first-order valence-corrected chi connectivity index (χ1v) is 0.667. The fourth-order valence-electron chi connectivity index (χ4n) is 0.0113. The number of rotatable bonds is 2. The molecule has 0 aliphatic rings. The summed E-state index contributed by atoms with van der Waals surface area (Å²) in [6, 6.07) is 0. The van der Waals surface area contributed by atoms with Crippen molar-refractivity contribution in [3.8, 4) is 0 Å². The summed E-state index contributed by atoms with van der Waals surface area (Å²) in [4.78, 5) is 0. The zero-order valence-corrected chi connectivity index (χ0v) is 4.16. The van der Waals surface area contributed by atoms with E-state index in [4.69, 9.17) is 10.5 Å². The van der Waals surface area contributed by atoms with Crippen LogP contribution in [0.5, 0.6) is 0 Å². The van der Waals surface area contributed by atoms with Crippen molar-refractivity contribution < 1.29 is 25.6 Å². The van der Waals surface area contributed by atoms with Crippen molar-refractivity contribution in [3.63, 3.8) is 0 Å². The Balaban J connectivity index is 0. The number of hydrogen-bond acceptors (Lipinski definition) is 5. The van der Waals surface area contributed by atoms with Gasteiger partial charge in [0.2, 0.25) is 0 Å². The average Bonchev–Trinajstić information content (AvgIpc) is 1.41. The van der Waals surface area contributed by atoms with Crippen molar-refractivity contribution in [3.05, 3.63) is 0 Å². The van der Waals surface area contributed by atoms with E-state index in [-0.39, 0.29) is 23.1 Å². The minimum Gasteiger partial charge on any atom is -0.690 e. The molecule has 0 N–H and O–H groups in total. The molecule has 0 aliphatic carbocycles. The molecule has 0 aromatic heterocycles. The van der Waals surface area contributed by atoms with Crippen LogP contribution in [0.25, 0.3) is 0 Å². The molecule has 0 spiro atoms. The maximum Gasteiger partial charge on any atom is 2.00 e. The van der Waals surface area contributed by atoms with Crippen LogP contribution in [0.15, 0.2) is 0 Å². The normalized spacial score (nSPS) is 7.00. The van der Waals surface area contributed by atoms with Crippen molar-refractivity contribution in [2.24, 2.45) is 0 Å². The molecule has 0 saturated heterocycles. The van der Waals surface area contributed by atoms with E-state index in [2.05, 4.69) is 15.1 Å². The van der Waals surface area contributed by atoms with E-state index in [0.29, 0.717) is 0 Å². The predicted octanol–water partition coefficient (Wildman–Crippen LogP) is -2.96. The Morgan fingerprint density at radius 2 is 1.33 bits per heavy atom. The standard InChI is InChI=1S/Mg.H2O5/c;1-3-5-4-2/h;1-2H/q+2;/p-2. The molecule has 32 valence electrons. The summed E-state index contributed by atoms with van der Waals surface area (Å²) in [6.07, 6.45) is 0. The molecule has 5 nitrogen and oxygen atoms in total. The Morgan fingerprint density at radius 3 is 1.33 bits per heavy atom. The molecule has 0 heterocycles. The Hall–Kier alpha value is 0.566. The Labute approximate surface area is 49.3 Å². The SMILES string of the molecule is [Mg+2].[O-]OOO[O-]. The van der Waals surface area contributed by atoms with E-state index in [1.165, 1.54) is 0 Å². The van der Waals surface area contributed by atoms with Crippen molar-refractivity contribution in [2.45, 2.75) is 0 Å². The van der Waals surface area contributed by atoms with Crippen LogP contribution in [-0.2, 0) is 15.1 Å². The third kappa shape index (κ3) is 8.82. The molecule has 6 heteroatoms. The third-order valence-corrected chi connectivity index (χ3v) is 0.0556. The topological polar surface area (TPSA) is 73.8 Å². The fourth-order valence-corrected chi connectivity index (χ4v) is 0.0113. The quantitative estimate of drug-likeness (QED) is 0.212. The summed E-state index contributed by atoms with van der Waals surface area (Å²) in [5.74, 6) is 0. The van der Waals surface area contributed by atoms with E-state index >= 15 is 0 Å². The van der Waals surface area contributed by atoms with Gasteiger partial charge in [-0.1, -0.05) is 5.04 Å². The fraction of sp³-hybridized carbons (Fsp3) is 0. The molecule has 0 aromatic rings. The molecular weight excluding hydrogens is 104 g/mol. The minimum atomic E-state index is 0. The van der Waals surface area contributed by atoms with Crippen LogP contribution in [0.4, 0.5) is 0 Å². The van der Waals surface area contributed by atoms with Crippen LogP contribution in [0.2, 0.25) is 0 Å². The third-order valence-electron chi connectivity index (χ3n) is 0.0556. The maximum absolute atomic E-state index is 8.48. The van der Waals surface area contributed by atoms with Gasteiger partial charge in [0.1, 0.15) is 0 Å². The van der Waals surface area contributed by atoms with Crippen molar-refractivity contribution in [2.75, 3.05) is 0 Å². The largest absolute Gasteiger partial charge is 2.00 e. The summed E-state index contributed by atoms with van der Waals surface area (Å²) >= 11 is 0. The summed E-state index contributed by atoms with van der Waals surface area (Å²) in [6.45, 7) is 0. The van der Waals surface area contributed by atoms with Crippen LogP contribution < -0.4 is 10.5 Å². The van der Waals surface area contributed by atoms with Crippen LogP contribution in [0, 0.1) is 0 Å². The first kappa shape index (κ1) is 9.76. The molecule has 0 aromatic carbocycles. The zero-order chi connectivity index (χ0) is 4.12. The predicted molar refractivity (Wildman–Crippen MR) is 9.01 cm³/mol. The molecule has 0 saturated carbocycles. The zero-order valence-electron chi connectivity index (χ0n) is 2.75. The van der Waals surface area contributed by atoms with Gasteiger partial charge in [0.25, 0.3) is 0 Å². The molecule has 0 amide bonds.